The van der Waals surface area contributed by atoms with E-state index in [0.717, 1.165) is 23.9 Å². The summed E-state index contributed by atoms with van der Waals surface area (Å²) in [4.78, 5) is 53.2. The Morgan fingerprint density at radius 2 is 1.86 bits per heavy atom. The van der Waals surface area contributed by atoms with E-state index in [1.165, 1.54) is 28.1 Å². The van der Waals surface area contributed by atoms with Crippen molar-refractivity contribution in [1.29, 1.82) is 0 Å². The number of thiol groups is 1. The van der Waals surface area contributed by atoms with Gasteiger partial charge >= 0.3 is 13.5 Å². The standard InChI is InChI=1S/C29H38N10O13P2S2/c30-6-17(40)36-13-46-5-4-37-11-35-26-19(27(37)43)34-12-39(26)29-23-20(41)15(49-29)8-47-53(44,55)51-22-16(9-48-54(45,56)52-23)50-28(21(22)42)38-7-14-2-1-3-31-24-18(14)25(38)33-10-32-24/h7,10-12,15-16,20-23,28-29,41-42H,1-6,8-9,13,30H2,(H,36,40)(H,44,55)(H,45,56)(H,31,32,33)/t15-,16-,20-,21-,22?,23-,28-,29-,53?,54?/m1/s1. The maximum absolute atomic E-state index is 13.8. The number of anilines is 1. The molecule has 0 spiro atoms. The number of aliphatic hydroxyl groups excluding tert-OH is 2. The molecule has 27 heteroatoms. The summed E-state index contributed by atoms with van der Waals surface area (Å²) in [6.45, 7) is -9.14. The van der Waals surface area contributed by atoms with Crippen molar-refractivity contribution in [2.75, 3.05) is 45.0 Å². The number of carbonyl (C=O) groups is 1. The Balaban J connectivity index is 1.03. The minimum Gasteiger partial charge on any atom is -0.387 e. The van der Waals surface area contributed by atoms with Gasteiger partial charge in [-0.3, -0.25) is 32.3 Å². The molecule has 8 rings (SSSR count). The number of aliphatic hydroxyl groups is 2. The van der Waals surface area contributed by atoms with Gasteiger partial charge in [-0.1, -0.05) is 12.2 Å². The maximum atomic E-state index is 13.8. The van der Waals surface area contributed by atoms with Crippen molar-refractivity contribution >= 4 is 71.5 Å². The fourth-order valence-electron chi connectivity index (χ4n) is 7.01. The molecular formula is C29H38N10O13P2S2. The lowest BCUT2D eigenvalue weighted by molar-refractivity contribution is -0.121. The van der Waals surface area contributed by atoms with Crippen LogP contribution in [0.5, 0.6) is 0 Å². The number of fused-ring (bicyclic) bond motifs is 4. The van der Waals surface area contributed by atoms with Crippen LogP contribution in [-0.4, -0.2) is 131 Å². The molecule has 3 unspecified atom stereocenters. The number of hydrogen-bond donors (Lipinski definition) is 7. The Labute approximate surface area is 326 Å². The summed E-state index contributed by atoms with van der Waals surface area (Å²) in [6.07, 6.45) is -3.56. The summed E-state index contributed by atoms with van der Waals surface area (Å²) in [5.74, 6) is 0.245. The van der Waals surface area contributed by atoms with E-state index in [1.807, 2.05) is 6.20 Å². The summed E-state index contributed by atoms with van der Waals surface area (Å²) < 4.78 is 58.7. The van der Waals surface area contributed by atoms with Gasteiger partial charge < -0.3 is 54.8 Å². The molecule has 304 valence electrons. The molecule has 56 heavy (non-hydrogen) atoms. The second kappa shape index (κ2) is 16.0. The molecule has 0 aromatic carbocycles. The van der Waals surface area contributed by atoms with Crippen LogP contribution in [-0.2, 0) is 66.4 Å². The molecular weight excluding hydrogens is 822 g/mol. The first-order chi connectivity index (χ1) is 26.8. The third-order valence-electron chi connectivity index (χ3n) is 9.67. The van der Waals surface area contributed by atoms with Crippen LogP contribution in [0.15, 0.2) is 30.0 Å². The van der Waals surface area contributed by atoms with E-state index in [-0.39, 0.29) is 37.6 Å². The van der Waals surface area contributed by atoms with Gasteiger partial charge in [-0.05, 0) is 30.2 Å². The lowest BCUT2D eigenvalue weighted by atomic mass is 10.1. The topological polar surface area (TPSA) is 293 Å². The first-order valence-corrected chi connectivity index (χ1v) is 22.7. The molecule has 10 atom stereocenters. The van der Waals surface area contributed by atoms with Crippen LogP contribution in [0.4, 0.5) is 5.82 Å². The van der Waals surface area contributed by atoms with Crippen molar-refractivity contribution in [3.05, 3.63) is 41.1 Å². The van der Waals surface area contributed by atoms with Crippen LogP contribution < -0.4 is 21.9 Å². The summed E-state index contributed by atoms with van der Waals surface area (Å²) in [5.41, 5.74) is 6.09. The third-order valence-corrected chi connectivity index (χ3v) is 12.8. The molecule has 7 N–H and O–H groups in total. The van der Waals surface area contributed by atoms with Crippen LogP contribution in [0.1, 0.15) is 24.4 Å². The molecule has 3 saturated heterocycles. The fraction of sp³-hybridized carbons (Fsp3) is 0.586. The zero-order valence-corrected chi connectivity index (χ0v) is 32.7. The fourth-order valence-corrected chi connectivity index (χ4v) is 9.91. The monoisotopic (exact) mass is 860 g/mol. The number of hydrogen-bond acceptors (Lipinski definition) is 19. The van der Waals surface area contributed by atoms with E-state index in [1.54, 1.807) is 4.57 Å². The number of carbonyl (C=O) groups excluding carboxylic acids is 1. The highest BCUT2D eigenvalue weighted by Gasteiger charge is 2.53. The van der Waals surface area contributed by atoms with E-state index >= 15 is 0 Å². The SMILES string of the molecule is NCC(=O)NCOCCn1cnc2c(ncn2[C@@H]2O[C@@H]3COP(O)(=S)OC4[C@@H](O)[C@H](n5cc6c7c(ncnc75)NCCC6)O[C@@H]4COP(=O)(S)O[C@@H]2[C@@H]3O)c1=O. The average Bonchev–Trinajstić information content (AvgIpc) is 3.88. The largest absolute Gasteiger partial charge is 0.387 e. The smallest absolute Gasteiger partial charge is 0.386 e. The van der Waals surface area contributed by atoms with Gasteiger partial charge in [0.15, 0.2) is 23.6 Å². The van der Waals surface area contributed by atoms with Crippen molar-refractivity contribution in [3.8, 4) is 0 Å². The van der Waals surface area contributed by atoms with Gasteiger partial charge in [-0.15, -0.1) is 0 Å². The Morgan fingerprint density at radius 3 is 2.68 bits per heavy atom. The van der Waals surface area contributed by atoms with Gasteiger partial charge in [0.1, 0.15) is 67.5 Å². The number of aromatic nitrogens is 7. The Kier molecular flexibility index (Phi) is 11.4. The second-order valence-electron chi connectivity index (χ2n) is 13.2. The molecule has 0 aliphatic carbocycles. The molecule has 0 radical (unpaired) electrons. The predicted molar refractivity (Wildman–Crippen MR) is 199 cm³/mol. The maximum Gasteiger partial charge on any atom is 0.386 e. The molecule has 4 aromatic rings. The highest BCUT2D eigenvalue weighted by atomic mass is 32.7. The lowest BCUT2D eigenvalue weighted by Gasteiger charge is -2.27. The van der Waals surface area contributed by atoms with E-state index < -0.39 is 87.3 Å². The number of amides is 1. The molecule has 0 saturated carbocycles. The van der Waals surface area contributed by atoms with Gasteiger partial charge in [0.25, 0.3) is 5.56 Å². The average molecular weight is 861 g/mol. The Morgan fingerprint density at radius 1 is 1.05 bits per heavy atom. The van der Waals surface area contributed by atoms with Crippen LogP contribution >= 0.6 is 25.8 Å². The van der Waals surface area contributed by atoms with Gasteiger partial charge in [0, 0.05) is 12.7 Å². The van der Waals surface area contributed by atoms with Crippen molar-refractivity contribution in [3.63, 3.8) is 0 Å². The van der Waals surface area contributed by atoms with E-state index in [2.05, 4.69) is 42.8 Å². The minimum absolute atomic E-state index is 0.0310. The number of rotatable bonds is 8. The number of imidazole rings is 1. The summed E-state index contributed by atoms with van der Waals surface area (Å²) in [6, 6.07) is 0. The predicted octanol–water partition coefficient (Wildman–Crippen LogP) is -0.966. The Bertz CT molecular complexity index is 2280. The first-order valence-electron chi connectivity index (χ1n) is 17.4. The third kappa shape index (κ3) is 7.79. The zero-order valence-electron chi connectivity index (χ0n) is 29.2. The van der Waals surface area contributed by atoms with Crippen LogP contribution in [0.25, 0.3) is 22.2 Å². The molecule has 8 heterocycles. The number of nitrogens with one attached hydrogen (secondary N) is 2. The second-order valence-corrected chi connectivity index (χ2v) is 18.9. The van der Waals surface area contributed by atoms with Gasteiger partial charge in [-0.2, -0.15) is 0 Å². The Hall–Kier alpha value is -2.97. The summed E-state index contributed by atoms with van der Waals surface area (Å²) >= 11 is 9.52. The molecule has 4 aliphatic rings. The normalized spacial score (nSPS) is 33.6. The quantitative estimate of drug-likeness (QED) is 0.0486. The number of aryl methyl sites for hydroxylation is 1. The molecule has 4 aliphatic heterocycles. The van der Waals surface area contributed by atoms with Crippen molar-refractivity contribution in [1.82, 2.24) is 39.0 Å². The molecule has 23 nitrogen and oxygen atoms in total. The van der Waals surface area contributed by atoms with Gasteiger partial charge in [0.05, 0.1) is 44.6 Å². The molecule has 1 amide bonds. The summed E-state index contributed by atoms with van der Waals surface area (Å²) in [5, 5.41) is 29.5. The van der Waals surface area contributed by atoms with Crippen LogP contribution in [0.2, 0.25) is 0 Å². The van der Waals surface area contributed by atoms with E-state index in [4.69, 9.17) is 49.8 Å². The van der Waals surface area contributed by atoms with E-state index in [9.17, 15) is 29.3 Å². The first kappa shape index (κ1) is 39.8. The number of ether oxygens (including phenoxy) is 3. The zero-order chi connectivity index (χ0) is 39.4. The van der Waals surface area contributed by atoms with Crippen molar-refractivity contribution < 1.29 is 56.8 Å². The number of nitrogens with zero attached hydrogens (tertiary/aromatic N) is 7. The van der Waals surface area contributed by atoms with Crippen LogP contribution in [0.3, 0.4) is 0 Å². The van der Waals surface area contributed by atoms with Gasteiger partial charge in [-0.25, -0.2) is 24.5 Å². The number of nitrogens with two attached hydrogens (primary N) is 1. The highest BCUT2D eigenvalue weighted by molar-refractivity contribution is 8.44. The summed E-state index contributed by atoms with van der Waals surface area (Å²) in [7, 11) is 0. The van der Waals surface area contributed by atoms with Gasteiger partial charge in [0.2, 0.25) is 5.91 Å². The highest BCUT2D eigenvalue weighted by Crippen LogP contribution is 2.58. The van der Waals surface area contributed by atoms with Crippen molar-refractivity contribution in [2.24, 2.45) is 5.73 Å². The molecule has 4 aromatic heterocycles. The minimum atomic E-state index is -4.40. The lowest BCUT2D eigenvalue weighted by Crippen LogP contribution is -2.36. The van der Waals surface area contributed by atoms with Crippen LogP contribution in [0, 0.1) is 0 Å². The van der Waals surface area contributed by atoms with Crippen molar-refractivity contribution in [2.45, 2.75) is 68.5 Å². The molecule has 2 bridgehead atoms. The molecule has 3 fully saturated rings. The van der Waals surface area contributed by atoms with E-state index in [0.29, 0.717) is 17.9 Å².